The van der Waals surface area contributed by atoms with Gasteiger partial charge in [0.05, 0.1) is 0 Å². The molecule has 0 bridgehead atoms. The minimum Gasteiger partial charge on any atom is -0.318 e. The van der Waals surface area contributed by atoms with Crippen molar-refractivity contribution in [1.82, 2.24) is 15.5 Å². The Morgan fingerprint density at radius 1 is 1.50 bits per heavy atom. The lowest BCUT2D eigenvalue weighted by Gasteiger charge is -2.27. The Kier molecular flexibility index (Phi) is 6.43. The quantitative estimate of drug-likeness (QED) is 0.653. The van der Waals surface area contributed by atoms with Crippen molar-refractivity contribution in [2.75, 3.05) is 33.2 Å². The molecule has 0 saturated carbocycles. The molecule has 1 atom stereocenters. The second-order valence-corrected chi connectivity index (χ2v) is 5.42. The molecule has 0 aromatic carbocycles. The first-order valence-electron chi connectivity index (χ1n) is 6.27. The van der Waals surface area contributed by atoms with E-state index in [2.05, 4.69) is 29.4 Å². The van der Waals surface area contributed by atoms with Crippen LogP contribution in [0.15, 0.2) is 0 Å². The van der Waals surface area contributed by atoms with Crippen molar-refractivity contribution in [1.29, 1.82) is 0 Å². The van der Waals surface area contributed by atoms with Gasteiger partial charge in [0.1, 0.15) is 0 Å². The average molecular weight is 243 g/mol. The van der Waals surface area contributed by atoms with Crippen LogP contribution in [0.25, 0.3) is 0 Å². The number of hydrogen-bond donors (Lipinski definition) is 2. The molecule has 0 aromatic heterocycles. The number of rotatable bonds is 7. The Morgan fingerprint density at radius 2 is 2.25 bits per heavy atom. The van der Waals surface area contributed by atoms with Gasteiger partial charge in [-0.15, -0.1) is 0 Å². The van der Waals surface area contributed by atoms with E-state index in [0.717, 1.165) is 26.1 Å². The Labute approximate surface area is 105 Å². The first-order valence-corrected chi connectivity index (χ1v) is 6.68. The van der Waals surface area contributed by atoms with Gasteiger partial charge in [0.25, 0.3) is 0 Å². The zero-order chi connectivity index (χ0) is 12.0. The minimum absolute atomic E-state index is 0.614. The molecule has 16 heavy (non-hydrogen) atoms. The van der Waals surface area contributed by atoms with Crippen LogP contribution < -0.4 is 10.6 Å². The SMILES string of the molecule is CNCCN(CCC1CC(=S)CN1)C(C)C. The Balaban J connectivity index is 2.23. The lowest BCUT2D eigenvalue weighted by Crippen LogP contribution is -2.39. The van der Waals surface area contributed by atoms with E-state index in [1.807, 2.05) is 7.05 Å². The van der Waals surface area contributed by atoms with Gasteiger partial charge in [-0.05, 0) is 40.3 Å². The highest BCUT2D eigenvalue weighted by Gasteiger charge is 2.19. The van der Waals surface area contributed by atoms with Gasteiger partial charge in [0.15, 0.2) is 0 Å². The monoisotopic (exact) mass is 243 g/mol. The molecule has 3 nitrogen and oxygen atoms in total. The number of likely N-dealkylation sites (N-methyl/N-ethyl adjacent to an activating group) is 1. The van der Waals surface area contributed by atoms with E-state index in [0.29, 0.717) is 12.1 Å². The fraction of sp³-hybridized carbons (Fsp3) is 0.917. The van der Waals surface area contributed by atoms with E-state index in [9.17, 15) is 0 Å². The minimum atomic E-state index is 0.614. The summed E-state index contributed by atoms with van der Waals surface area (Å²) in [5, 5.41) is 6.68. The van der Waals surface area contributed by atoms with E-state index < -0.39 is 0 Å². The maximum Gasteiger partial charge on any atom is 0.0272 e. The van der Waals surface area contributed by atoms with Gasteiger partial charge in [0.2, 0.25) is 0 Å². The Hall–Kier alpha value is -0.0300. The summed E-state index contributed by atoms with van der Waals surface area (Å²) in [4.78, 5) is 3.72. The number of thiocarbonyl (C=S) groups is 1. The highest BCUT2D eigenvalue weighted by Crippen LogP contribution is 2.09. The first-order chi connectivity index (χ1) is 7.63. The molecule has 4 heteroatoms. The van der Waals surface area contributed by atoms with Crippen molar-refractivity contribution in [2.45, 2.75) is 38.8 Å². The van der Waals surface area contributed by atoms with Gasteiger partial charge in [-0.3, -0.25) is 4.90 Å². The van der Waals surface area contributed by atoms with E-state index >= 15 is 0 Å². The summed E-state index contributed by atoms with van der Waals surface area (Å²) in [6.07, 6.45) is 2.30. The number of nitrogens with zero attached hydrogens (tertiary/aromatic N) is 1. The summed E-state index contributed by atoms with van der Waals surface area (Å²) in [6.45, 7) is 8.84. The second-order valence-electron chi connectivity index (χ2n) is 4.84. The molecule has 94 valence electrons. The lowest BCUT2D eigenvalue weighted by molar-refractivity contribution is 0.214. The maximum absolute atomic E-state index is 5.21. The van der Waals surface area contributed by atoms with Crippen LogP contribution >= 0.6 is 12.2 Å². The van der Waals surface area contributed by atoms with Gasteiger partial charge >= 0.3 is 0 Å². The van der Waals surface area contributed by atoms with Gasteiger partial charge in [-0.1, -0.05) is 12.2 Å². The number of nitrogens with one attached hydrogen (secondary N) is 2. The summed E-state index contributed by atoms with van der Waals surface area (Å²) in [5.74, 6) is 0. The second kappa shape index (κ2) is 7.33. The fourth-order valence-electron chi connectivity index (χ4n) is 2.09. The van der Waals surface area contributed by atoms with Crippen molar-refractivity contribution in [3.63, 3.8) is 0 Å². The predicted octanol–water partition coefficient (Wildman–Crippen LogP) is 1.04. The molecule has 2 N–H and O–H groups in total. The van der Waals surface area contributed by atoms with E-state index in [1.165, 1.54) is 17.8 Å². The molecular formula is C12H25N3S. The Morgan fingerprint density at radius 3 is 2.75 bits per heavy atom. The highest BCUT2D eigenvalue weighted by molar-refractivity contribution is 7.80. The summed E-state index contributed by atoms with van der Waals surface area (Å²) in [6, 6.07) is 1.24. The summed E-state index contributed by atoms with van der Waals surface area (Å²) in [5.41, 5.74) is 0. The van der Waals surface area contributed by atoms with Crippen molar-refractivity contribution < 1.29 is 0 Å². The molecule has 0 aliphatic carbocycles. The summed E-state index contributed by atoms with van der Waals surface area (Å²) in [7, 11) is 2.01. The molecule has 1 heterocycles. The molecule has 1 fully saturated rings. The third-order valence-electron chi connectivity index (χ3n) is 3.21. The van der Waals surface area contributed by atoms with Crippen LogP contribution in [0.1, 0.15) is 26.7 Å². The van der Waals surface area contributed by atoms with Gasteiger partial charge < -0.3 is 10.6 Å². The molecule has 0 radical (unpaired) electrons. The van der Waals surface area contributed by atoms with Crippen LogP contribution in [-0.2, 0) is 0 Å². The predicted molar refractivity (Wildman–Crippen MR) is 74.3 cm³/mol. The van der Waals surface area contributed by atoms with Crippen molar-refractivity contribution >= 4 is 17.1 Å². The lowest BCUT2D eigenvalue weighted by atomic mass is 10.1. The van der Waals surface area contributed by atoms with Crippen molar-refractivity contribution in [3.8, 4) is 0 Å². The largest absolute Gasteiger partial charge is 0.318 e. The summed E-state index contributed by atoms with van der Waals surface area (Å²) >= 11 is 5.21. The molecule has 1 rings (SSSR count). The van der Waals surface area contributed by atoms with E-state index in [-0.39, 0.29) is 0 Å². The average Bonchev–Trinajstić information content (AvgIpc) is 2.64. The maximum atomic E-state index is 5.21. The van der Waals surface area contributed by atoms with E-state index in [1.54, 1.807) is 0 Å². The van der Waals surface area contributed by atoms with Crippen LogP contribution in [0, 0.1) is 0 Å². The third-order valence-corrected chi connectivity index (χ3v) is 3.52. The Bertz CT molecular complexity index is 218. The molecule has 1 saturated heterocycles. The molecule has 1 aliphatic heterocycles. The standard InChI is InChI=1S/C12H25N3S/c1-10(2)15(7-5-13-3)6-4-11-8-12(16)9-14-11/h10-11,13-14H,4-9H2,1-3H3. The van der Waals surface area contributed by atoms with Gasteiger partial charge in [-0.25, -0.2) is 0 Å². The highest BCUT2D eigenvalue weighted by atomic mass is 32.1. The molecular weight excluding hydrogens is 218 g/mol. The smallest absolute Gasteiger partial charge is 0.0272 e. The van der Waals surface area contributed by atoms with Crippen molar-refractivity contribution in [3.05, 3.63) is 0 Å². The molecule has 1 aliphatic rings. The first kappa shape index (κ1) is 14.0. The van der Waals surface area contributed by atoms with E-state index in [4.69, 9.17) is 12.2 Å². The van der Waals surface area contributed by atoms with Gasteiger partial charge in [0, 0.05) is 36.6 Å². The molecule has 0 aromatic rings. The molecule has 0 amide bonds. The third kappa shape index (κ3) is 4.87. The van der Waals surface area contributed by atoms with Crippen LogP contribution in [0.3, 0.4) is 0 Å². The normalized spacial score (nSPS) is 21.3. The van der Waals surface area contributed by atoms with Crippen LogP contribution in [0.5, 0.6) is 0 Å². The van der Waals surface area contributed by atoms with Crippen LogP contribution in [0.4, 0.5) is 0 Å². The fourth-order valence-corrected chi connectivity index (χ4v) is 2.37. The van der Waals surface area contributed by atoms with Crippen molar-refractivity contribution in [2.24, 2.45) is 0 Å². The molecule has 0 spiro atoms. The zero-order valence-electron chi connectivity index (χ0n) is 10.8. The topological polar surface area (TPSA) is 27.3 Å². The number of hydrogen-bond acceptors (Lipinski definition) is 4. The zero-order valence-corrected chi connectivity index (χ0v) is 11.6. The molecule has 1 unspecified atom stereocenters. The van der Waals surface area contributed by atoms with Crippen LogP contribution in [-0.4, -0.2) is 55.1 Å². The van der Waals surface area contributed by atoms with Gasteiger partial charge in [-0.2, -0.15) is 0 Å². The summed E-state index contributed by atoms with van der Waals surface area (Å²) < 4.78 is 0. The van der Waals surface area contributed by atoms with Crippen LogP contribution in [0.2, 0.25) is 0 Å².